The van der Waals surface area contributed by atoms with E-state index in [1.165, 1.54) is 25.7 Å². The largest absolute Gasteiger partial charge is 0.375 e. The van der Waals surface area contributed by atoms with Crippen molar-refractivity contribution in [1.29, 1.82) is 0 Å². The average molecular weight is 239 g/mol. The summed E-state index contributed by atoms with van der Waals surface area (Å²) in [6.07, 6.45) is 7.07. The lowest BCUT2D eigenvalue weighted by molar-refractivity contribution is -0.125. The Morgan fingerprint density at radius 1 is 1.29 bits per heavy atom. The Kier molecular flexibility index (Phi) is 6.94. The highest BCUT2D eigenvalue weighted by atomic mass is 16.5. The van der Waals surface area contributed by atoms with Gasteiger partial charge in [-0.2, -0.15) is 0 Å². The first-order chi connectivity index (χ1) is 8.20. The van der Waals surface area contributed by atoms with Gasteiger partial charge in [-0.05, 0) is 19.8 Å². The molecule has 1 aliphatic carbocycles. The Bertz CT molecular complexity index is 243. The molecule has 0 aromatic carbocycles. The highest BCUT2D eigenvalue weighted by molar-refractivity contribution is 5.78. The summed E-state index contributed by atoms with van der Waals surface area (Å²) >= 11 is 0. The summed E-state index contributed by atoms with van der Waals surface area (Å²) in [6, 6.07) is 0. The van der Waals surface area contributed by atoms with Crippen LogP contribution in [0.2, 0.25) is 0 Å². The van der Waals surface area contributed by atoms with Crippen molar-refractivity contribution in [3.8, 4) is 0 Å². The molecule has 1 rings (SSSR count). The summed E-state index contributed by atoms with van der Waals surface area (Å²) in [5.41, 5.74) is 1.01. The zero-order chi connectivity index (χ0) is 12.5. The molecule has 0 unspecified atom stereocenters. The standard InChI is InChI=1S/C14H25NO2/c1-12(2)11-17-10-9-15-14(16)13-7-5-3-4-6-8-13/h13H,1,3-11H2,2H3,(H,15,16). The molecule has 0 saturated heterocycles. The maximum atomic E-state index is 11.9. The molecule has 1 aliphatic rings. The topological polar surface area (TPSA) is 38.3 Å². The fraction of sp³-hybridized carbons (Fsp3) is 0.786. The van der Waals surface area contributed by atoms with Gasteiger partial charge < -0.3 is 10.1 Å². The van der Waals surface area contributed by atoms with Crippen LogP contribution in [0.3, 0.4) is 0 Å². The monoisotopic (exact) mass is 239 g/mol. The van der Waals surface area contributed by atoms with Crippen molar-refractivity contribution >= 4 is 5.91 Å². The molecule has 0 spiro atoms. The summed E-state index contributed by atoms with van der Waals surface area (Å²) in [5, 5.41) is 2.96. The lowest BCUT2D eigenvalue weighted by Gasteiger charge is -2.14. The number of carbonyl (C=O) groups is 1. The Labute approximate surface area is 105 Å². The molecule has 1 N–H and O–H groups in total. The lowest BCUT2D eigenvalue weighted by Crippen LogP contribution is -2.33. The van der Waals surface area contributed by atoms with Crippen LogP contribution in [-0.4, -0.2) is 25.7 Å². The third-order valence-corrected chi connectivity index (χ3v) is 3.12. The van der Waals surface area contributed by atoms with E-state index in [-0.39, 0.29) is 11.8 Å². The molecule has 0 radical (unpaired) electrons. The minimum Gasteiger partial charge on any atom is -0.375 e. The van der Waals surface area contributed by atoms with Gasteiger partial charge in [0.2, 0.25) is 5.91 Å². The van der Waals surface area contributed by atoms with Crippen LogP contribution >= 0.6 is 0 Å². The summed E-state index contributed by atoms with van der Waals surface area (Å²) in [7, 11) is 0. The first kappa shape index (κ1) is 14.2. The van der Waals surface area contributed by atoms with E-state index in [1.54, 1.807) is 0 Å². The molecular formula is C14H25NO2. The van der Waals surface area contributed by atoms with Crippen LogP contribution in [-0.2, 0) is 9.53 Å². The number of nitrogens with one attached hydrogen (secondary N) is 1. The number of rotatable bonds is 6. The van der Waals surface area contributed by atoms with E-state index in [0.717, 1.165) is 18.4 Å². The second kappa shape index (κ2) is 8.29. The molecule has 0 heterocycles. The predicted octanol–water partition coefficient (Wildman–Crippen LogP) is 2.67. The molecule has 1 amide bonds. The van der Waals surface area contributed by atoms with Crippen LogP contribution in [0.15, 0.2) is 12.2 Å². The summed E-state index contributed by atoms with van der Waals surface area (Å²) in [4.78, 5) is 11.9. The van der Waals surface area contributed by atoms with Crippen LogP contribution in [0.4, 0.5) is 0 Å². The van der Waals surface area contributed by atoms with Gasteiger partial charge in [-0.15, -0.1) is 0 Å². The second-order valence-corrected chi connectivity index (χ2v) is 4.99. The molecule has 1 fully saturated rings. The molecule has 17 heavy (non-hydrogen) atoms. The van der Waals surface area contributed by atoms with Crippen molar-refractivity contribution < 1.29 is 9.53 Å². The van der Waals surface area contributed by atoms with E-state index >= 15 is 0 Å². The molecule has 3 nitrogen and oxygen atoms in total. The quantitative estimate of drug-likeness (QED) is 0.439. The Morgan fingerprint density at radius 3 is 2.53 bits per heavy atom. The van der Waals surface area contributed by atoms with Crippen LogP contribution < -0.4 is 5.32 Å². The summed E-state index contributed by atoms with van der Waals surface area (Å²) < 4.78 is 5.34. The average Bonchev–Trinajstić information content (AvgIpc) is 2.56. The molecule has 98 valence electrons. The van der Waals surface area contributed by atoms with Crippen LogP contribution in [0, 0.1) is 5.92 Å². The normalized spacial score (nSPS) is 17.5. The fourth-order valence-corrected chi connectivity index (χ4v) is 2.18. The van der Waals surface area contributed by atoms with E-state index < -0.39 is 0 Å². The first-order valence-corrected chi connectivity index (χ1v) is 6.70. The Morgan fingerprint density at radius 2 is 1.94 bits per heavy atom. The maximum Gasteiger partial charge on any atom is 0.223 e. The Balaban J connectivity index is 2.09. The molecule has 0 aromatic heterocycles. The van der Waals surface area contributed by atoms with Crippen LogP contribution in [0.1, 0.15) is 45.4 Å². The summed E-state index contributed by atoms with van der Waals surface area (Å²) in [5.74, 6) is 0.449. The zero-order valence-electron chi connectivity index (χ0n) is 11.0. The van der Waals surface area contributed by atoms with Gasteiger partial charge in [-0.25, -0.2) is 0 Å². The number of carbonyl (C=O) groups excluding carboxylic acids is 1. The van der Waals surface area contributed by atoms with E-state index in [0.29, 0.717) is 19.8 Å². The van der Waals surface area contributed by atoms with Gasteiger partial charge in [0.05, 0.1) is 13.2 Å². The maximum absolute atomic E-state index is 11.9. The first-order valence-electron chi connectivity index (χ1n) is 6.70. The second-order valence-electron chi connectivity index (χ2n) is 4.99. The van der Waals surface area contributed by atoms with Gasteiger partial charge in [0.25, 0.3) is 0 Å². The van der Waals surface area contributed by atoms with Gasteiger partial charge in [0.1, 0.15) is 0 Å². The van der Waals surface area contributed by atoms with Crippen molar-refractivity contribution in [3.05, 3.63) is 12.2 Å². The molecular weight excluding hydrogens is 214 g/mol. The van der Waals surface area contributed by atoms with Gasteiger partial charge in [0.15, 0.2) is 0 Å². The van der Waals surface area contributed by atoms with E-state index in [1.807, 2.05) is 6.92 Å². The molecule has 0 bridgehead atoms. The number of ether oxygens (including phenoxy) is 1. The van der Waals surface area contributed by atoms with Crippen LogP contribution in [0.25, 0.3) is 0 Å². The SMILES string of the molecule is C=C(C)COCCNC(=O)C1CCCCCC1. The van der Waals surface area contributed by atoms with Crippen molar-refractivity contribution in [2.75, 3.05) is 19.8 Å². The van der Waals surface area contributed by atoms with Crippen molar-refractivity contribution in [2.24, 2.45) is 5.92 Å². The third-order valence-electron chi connectivity index (χ3n) is 3.12. The zero-order valence-corrected chi connectivity index (χ0v) is 11.0. The Hall–Kier alpha value is -0.830. The highest BCUT2D eigenvalue weighted by Crippen LogP contribution is 2.22. The minimum absolute atomic E-state index is 0.214. The van der Waals surface area contributed by atoms with Gasteiger partial charge in [-0.1, -0.05) is 37.8 Å². The van der Waals surface area contributed by atoms with Gasteiger partial charge >= 0.3 is 0 Å². The minimum atomic E-state index is 0.214. The number of hydrogen-bond acceptors (Lipinski definition) is 2. The van der Waals surface area contributed by atoms with Gasteiger partial charge in [0, 0.05) is 12.5 Å². The van der Waals surface area contributed by atoms with E-state index in [9.17, 15) is 4.79 Å². The smallest absolute Gasteiger partial charge is 0.223 e. The fourth-order valence-electron chi connectivity index (χ4n) is 2.18. The summed E-state index contributed by atoms with van der Waals surface area (Å²) in [6.45, 7) is 7.47. The third kappa shape index (κ3) is 6.47. The number of hydrogen-bond donors (Lipinski definition) is 1. The molecule has 0 atom stereocenters. The van der Waals surface area contributed by atoms with Crippen molar-refractivity contribution in [1.82, 2.24) is 5.32 Å². The van der Waals surface area contributed by atoms with Crippen molar-refractivity contribution in [2.45, 2.75) is 45.4 Å². The van der Waals surface area contributed by atoms with Crippen LogP contribution in [0.5, 0.6) is 0 Å². The van der Waals surface area contributed by atoms with Crippen molar-refractivity contribution in [3.63, 3.8) is 0 Å². The van der Waals surface area contributed by atoms with Gasteiger partial charge in [-0.3, -0.25) is 4.79 Å². The predicted molar refractivity (Wildman–Crippen MR) is 69.8 cm³/mol. The highest BCUT2D eigenvalue weighted by Gasteiger charge is 2.19. The van der Waals surface area contributed by atoms with E-state index in [2.05, 4.69) is 11.9 Å². The molecule has 0 aromatic rings. The molecule has 1 saturated carbocycles. The number of amides is 1. The lowest BCUT2D eigenvalue weighted by atomic mass is 10.00. The van der Waals surface area contributed by atoms with E-state index in [4.69, 9.17) is 4.74 Å². The molecule has 3 heteroatoms. The molecule has 0 aliphatic heterocycles.